The maximum absolute atomic E-state index is 11.5. The second kappa shape index (κ2) is 7.97. The van der Waals surface area contributed by atoms with E-state index in [1.54, 1.807) is 0 Å². The number of hydrogen-bond donors (Lipinski definition) is 2. The molecule has 5 heteroatoms. The van der Waals surface area contributed by atoms with Crippen molar-refractivity contribution in [3.05, 3.63) is 0 Å². The van der Waals surface area contributed by atoms with E-state index in [1.807, 2.05) is 0 Å². The van der Waals surface area contributed by atoms with Crippen molar-refractivity contribution in [1.82, 2.24) is 10.6 Å². The Morgan fingerprint density at radius 2 is 2.06 bits per heavy atom. The zero-order valence-electron chi connectivity index (χ0n) is 11.1. The Labute approximate surface area is 116 Å². The summed E-state index contributed by atoms with van der Waals surface area (Å²) >= 11 is 0. The fourth-order valence-electron chi connectivity index (χ4n) is 2.53. The quantitative estimate of drug-likeness (QED) is 0.745. The van der Waals surface area contributed by atoms with E-state index in [-0.39, 0.29) is 24.2 Å². The molecule has 18 heavy (non-hydrogen) atoms. The monoisotopic (exact) mass is 276 g/mol. The first-order valence-electron chi connectivity index (χ1n) is 6.87. The molecule has 1 heterocycles. The molecule has 2 fully saturated rings. The summed E-state index contributed by atoms with van der Waals surface area (Å²) in [6.45, 7) is 5.22. The van der Waals surface area contributed by atoms with Crippen molar-refractivity contribution >= 4 is 18.3 Å². The summed E-state index contributed by atoms with van der Waals surface area (Å²) in [5.41, 5.74) is 0. The molecule has 2 unspecified atom stereocenters. The van der Waals surface area contributed by atoms with E-state index in [0.717, 1.165) is 13.1 Å². The fraction of sp³-hybridized carbons (Fsp3) is 0.923. The lowest BCUT2D eigenvalue weighted by Gasteiger charge is -2.29. The molecule has 106 valence electrons. The Bertz CT molecular complexity index is 259. The SMILES string of the molecule is CC1CCCCC1OCCNC(=O)C1CNC1.Cl. The van der Waals surface area contributed by atoms with Gasteiger partial charge in [0.05, 0.1) is 18.6 Å². The molecule has 0 aromatic carbocycles. The third-order valence-corrected chi connectivity index (χ3v) is 3.92. The van der Waals surface area contributed by atoms with Gasteiger partial charge in [0.2, 0.25) is 5.91 Å². The summed E-state index contributed by atoms with van der Waals surface area (Å²) in [5.74, 6) is 1.03. The topological polar surface area (TPSA) is 50.4 Å². The third kappa shape index (κ3) is 4.41. The zero-order chi connectivity index (χ0) is 12.1. The van der Waals surface area contributed by atoms with Crippen LogP contribution in [0.3, 0.4) is 0 Å². The number of nitrogens with one attached hydrogen (secondary N) is 2. The summed E-state index contributed by atoms with van der Waals surface area (Å²) < 4.78 is 5.85. The molecule has 0 radical (unpaired) electrons. The first-order valence-corrected chi connectivity index (χ1v) is 6.87. The molecule has 1 aliphatic heterocycles. The van der Waals surface area contributed by atoms with Crippen LogP contribution in [0.25, 0.3) is 0 Å². The number of hydrogen-bond acceptors (Lipinski definition) is 3. The number of halogens is 1. The Morgan fingerprint density at radius 3 is 2.67 bits per heavy atom. The van der Waals surface area contributed by atoms with E-state index in [0.29, 0.717) is 25.2 Å². The van der Waals surface area contributed by atoms with Gasteiger partial charge in [0.25, 0.3) is 0 Å². The third-order valence-electron chi connectivity index (χ3n) is 3.92. The average molecular weight is 277 g/mol. The minimum Gasteiger partial charge on any atom is -0.376 e. The van der Waals surface area contributed by atoms with Crippen LogP contribution < -0.4 is 10.6 Å². The van der Waals surface area contributed by atoms with Gasteiger partial charge in [-0.3, -0.25) is 4.79 Å². The molecule has 1 saturated carbocycles. The maximum atomic E-state index is 11.5. The van der Waals surface area contributed by atoms with Crippen LogP contribution in [-0.2, 0) is 9.53 Å². The molecule has 0 spiro atoms. The lowest BCUT2D eigenvalue weighted by Crippen LogP contribution is -2.51. The number of rotatable bonds is 5. The summed E-state index contributed by atoms with van der Waals surface area (Å²) in [6.07, 6.45) is 5.50. The molecular formula is C13H25ClN2O2. The lowest BCUT2D eigenvalue weighted by atomic mass is 9.88. The zero-order valence-corrected chi connectivity index (χ0v) is 11.9. The van der Waals surface area contributed by atoms with Crippen molar-refractivity contribution in [2.75, 3.05) is 26.2 Å². The molecule has 1 amide bonds. The highest BCUT2D eigenvalue weighted by Gasteiger charge is 2.25. The summed E-state index contributed by atoms with van der Waals surface area (Å²) in [7, 11) is 0. The van der Waals surface area contributed by atoms with E-state index >= 15 is 0 Å². The van der Waals surface area contributed by atoms with Crippen molar-refractivity contribution in [2.24, 2.45) is 11.8 Å². The van der Waals surface area contributed by atoms with Crippen molar-refractivity contribution in [3.63, 3.8) is 0 Å². The van der Waals surface area contributed by atoms with E-state index in [2.05, 4.69) is 17.6 Å². The van der Waals surface area contributed by atoms with Crippen LogP contribution in [0.1, 0.15) is 32.6 Å². The fourth-order valence-corrected chi connectivity index (χ4v) is 2.53. The molecule has 4 nitrogen and oxygen atoms in total. The summed E-state index contributed by atoms with van der Waals surface area (Å²) in [6, 6.07) is 0. The Kier molecular flexibility index (Phi) is 6.97. The van der Waals surface area contributed by atoms with Crippen LogP contribution in [0.4, 0.5) is 0 Å². The highest BCUT2D eigenvalue weighted by atomic mass is 35.5. The standard InChI is InChI=1S/C13H24N2O2.ClH/c1-10-4-2-3-5-12(10)17-7-6-15-13(16)11-8-14-9-11;/h10-12,14H,2-9H2,1H3,(H,15,16);1H. The number of amides is 1. The van der Waals surface area contributed by atoms with Gasteiger partial charge in [-0.2, -0.15) is 0 Å². The van der Waals surface area contributed by atoms with E-state index in [4.69, 9.17) is 4.74 Å². The molecule has 0 aromatic rings. The van der Waals surface area contributed by atoms with Gasteiger partial charge >= 0.3 is 0 Å². The molecule has 2 aliphatic rings. The van der Waals surface area contributed by atoms with Crippen LogP contribution >= 0.6 is 12.4 Å². The number of carbonyl (C=O) groups is 1. The van der Waals surface area contributed by atoms with Gasteiger partial charge in [0.1, 0.15) is 0 Å². The Morgan fingerprint density at radius 1 is 1.33 bits per heavy atom. The van der Waals surface area contributed by atoms with Gasteiger partial charge in [-0.15, -0.1) is 12.4 Å². The molecule has 2 atom stereocenters. The molecule has 1 saturated heterocycles. The molecule has 2 rings (SSSR count). The second-order valence-corrected chi connectivity index (χ2v) is 5.32. The average Bonchev–Trinajstić information content (AvgIpc) is 2.24. The first-order chi connectivity index (χ1) is 8.27. The van der Waals surface area contributed by atoms with E-state index < -0.39 is 0 Å². The lowest BCUT2D eigenvalue weighted by molar-refractivity contribution is -0.126. The molecule has 2 N–H and O–H groups in total. The van der Waals surface area contributed by atoms with Gasteiger partial charge in [-0.05, 0) is 18.8 Å². The number of carbonyl (C=O) groups excluding carboxylic acids is 1. The van der Waals surface area contributed by atoms with Gasteiger partial charge in [0.15, 0.2) is 0 Å². The molecule has 0 bridgehead atoms. The van der Waals surface area contributed by atoms with Crippen LogP contribution in [-0.4, -0.2) is 38.3 Å². The first kappa shape index (κ1) is 15.7. The van der Waals surface area contributed by atoms with Gasteiger partial charge < -0.3 is 15.4 Å². The van der Waals surface area contributed by atoms with E-state index in [1.165, 1.54) is 25.7 Å². The highest BCUT2D eigenvalue weighted by Crippen LogP contribution is 2.25. The van der Waals surface area contributed by atoms with Crippen molar-refractivity contribution in [2.45, 2.75) is 38.7 Å². The predicted octanol–water partition coefficient (Wildman–Crippen LogP) is 1.34. The van der Waals surface area contributed by atoms with Crippen molar-refractivity contribution in [3.8, 4) is 0 Å². The Balaban J connectivity index is 0.00000162. The van der Waals surface area contributed by atoms with Gasteiger partial charge in [-0.25, -0.2) is 0 Å². The largest absolute Gasteiger partial charge is 0.376 e. The summed E-state index contributed by atoms with van der Waals surface area (Å²) in [5, 5.41) is 6.03. The van der Waals surface area contributed by atoms with Gasteiger partial charge in [-0.1, -0.05) is 19.8 Å². The van der Waals surface area contributed by atoms with Crippen LogP contribution in [0.2, 0.25) is 0 Å². The Hall–Kier alpha value is -0.320. The second-order valence-electron chi connectivity index (χ2n) is 5.32. The molecule has 0 aromatic heterocycles. The summed E-state index contributed by atoms with van der Waals surface area (Å²) in [4.78, 5) is 11.5. The molecule has 1 aliphatic carbocycles. The maximum Gasteiger partial charge on any atom is 0.225 e. The van der Waals surface area contributed by atoms with Crippen LogP contribution in [0.15, 0.2) is 0 Å². The predicted molar refractivity (Wildman–Crippen MR) is 74.0 cm³/mol. The highest BCUT2D eigenvalue weighted by molar-refractivity contribution is 5.85. The van der Waals surface area contributed by atoms with Crippen molar-refractivity contribution < 1.29 is 9.53 Å². The minimum absolute atomic E-state index is 0. The van der Waals surface area contributed by atoms with Crippen LogP contribution in [0.5, 0.6) is 0 Å². The van der Waals surface area contributed by atoms with Crippen LogP contribution in [0, 0.1) is 11.8 Å². The molecular weight excluding hydrogens is 252 g/mol. The minimum atomic E-state index is 0. The van der Waals surface area contributed by atoms with Crippen molar-refractivity contribution in [1.29, 1.82) is 0 Å². The van der Waals surface area contributed by atoms with E-state index in [9.17, 15) is 4.79 Å². The smallest absolute Gasteiger partial charge is 0.225 e. The normalized spacial score (nSPS) is 28.1. The van der Waals surface area contributed by atoms with Gasteiger partial charge in [0, 0.05) is 19.6 Å². The number of ether oxygens (including phenoxy) is 1.